The van der Waals surface area contributed by atoms with E-state index in [-0.39, 0.29) is 6.61 Å². The maximum atomic E-state index is 12.8. The predicted molar refractivity (Wildman–Crippen MR) is 114 cm³/mol. The normalized spacial score (nSPS) is 13.2. The summed E-state index contributed by atoms with van der Waals surface area (Å²) in [6.07, 6.45) is -1.36. The van der Waals surface area contributed by atoms with Gasteiger partial charge in [0.25, 0.3) is 0 Å². The molecule has 0 bridgehead atoms. The number of thiophene rings is 1. The van der Waals surface area contributed by atoms with Crippen LogP contribution in [0.25, 0.3) is 21.2 Å². The Morgan fingerprint density at radius 1 is 1.10 bits per heavy atom. The highest BCUT2D eigenvalue weighted by Crippen LogP contribution is 2.40. The Balaban J connectivity index is 1.82. The summed E-state index contributed by atoms with van der Waals surface area (Å²) in [6, 6.07) is 12.2. The molecular weight excluding hydrogens is 395 g/mol. The number of hydrogen-bond donors (Lipinski definition) is 2. The van der Waals surface area contributed by atoms with Crippen LogP contribution in [0.5, 0.6) is 0 Å². The SMILES string of the molecule is CCC(CCc1ccc2c(-c3ccc(C(F)(F)F)cc3)c(C)sc2c1)NCCO. The fourth-order valence-corrected chi connectivity index (χ4v) is 4.81. The molecule has 0 amide bonds. The van der Waals surface area contributed by atoms with Gasteiger partial charge in [-0.25, -0.2) is 0 Å². The molecule has 0 spiro atoms. The monoisotopic (exact) mass is 421 g/mol. The smallest absolute Gasteiger partial charge is 0.395 e. The molecule has 0 aliphatic rings. The Bertz CT molecular complexity index is 947. The van der Waals surface area contributed by atoms with Crippen LogP contribution in [0.4, 0.5) is 13.2 Å². The molecule has 0 fully saturated rings. The second-order valence-corrected chi connectivity index (χ2v) is 8.52. The topological polar surface area (TPSA) is 32.3 Å². The van der Waals surface area contributed by atoms with Gasteiger partial charge in [-0.15, -0.1) is 11.3 Å². The molecule has 0 saturated heterocycles. The second kappa shape index (κ2) is 9.28. The Morgan fingerprint density at radius 2 is 1.83 bits per heavy atom. The van der Waals surface area contributed by atoms with Crippen LogP contribution in [-0.4, -0.2) is 24.3 Å². The van der Waals surface area contributed by atoms with Crippen molar-refractivity contribution in [2.24, 2.45) is 0 Å². The Hall–Kier alpha value is -1.89. The van der Waals surface area contributed by atoms with Gasteiger partial charge >= 0.3 is 6.18 Å². The molecule has 156 valence electrons. The average Bonchev–Trinajstić information content (AvgIpc) is 3.02. The zero-order valence-corrected chi connectivity index (χ0v) is 17.5. The van der Waals surface area contributed by atoms with Crippen LogP contribution in [0.15, 0.2) is 42.5 Å². The van der Waals surface area contributed by atoms with Gasteiger partial charge in [0.2, 0.25) is 0 Å². The number of aliphatic hydroxyl groups is 1. The summed E-state index contributed by atoms with van der Waals surface area (Å²) < 4.78 is 39.7. The maximum Gasteiger partial charge on any atom is 0.416 e. The molecule has 1 unspecified atom stereocenters. The summed E-state index contributed by atoms with van der Waals surface area (Å²) in [4.78, 5) is 1.10. The first-order valence-corrected chi connectivity index (χ1v) is 10.7. The van der Waals surface area contributed by atoms with Crippen molar-refractivity contribution < 1.29 is 18.3 Å². The summed E-state index contributed by atoms with van der Waals surface area (Å²) in [5, 5.41) is 13.4. The van der Waals surface area contributed by atoms with E-state index in [0.29, 0.717) is 12.6 Å². The molecule has 0 saturated carbocycles. The van der Waals surface area contributed by atoms with Crippen molar-refractivity contribution in [3.63, 3.8) is 0 Å². The number of halogens is 3. The molecule has 29 heavy (non-hydrogen) atoms. The van der Waals surface area contributed by atoms with Crippen LogP contribution >= 0.6 is 11.3 Å². The highest BCUT2D eigenvalue weighted by molar-refractivity contribution is 7.19. The molecule has 2 N–H and O–H groups in total. The molecule has 6 heteroatoms. The minimum atomic E-state index is -4.32. The Labute approximate surface area is 173 Å². The summed E-state index contributed by atoms with van der Waals surface area (Å²) in [6.45, 7) is 4.91. The zero-order chi connectivity index (χ0) is 21.0. The summed E-state index contributed by atoms with van der Waals surface area (Å²) in [5.74, 6) is 0. The van der Waals surface area contributed by atoms with E-state index in [0.717, 1.165) is 57.5 Å². The lowest BCUT2D eigenvalue weighted by Crippen LogP contribution is -2.31. The van der Waals surface area contributed by atoms with E-state index in [1.807, 2.05) is 6.92 Å². The van der Waals surface area contributed by atoms with Gasteiger partial charge < -0.3 is 10.4 Å². The van der Waals surface area contributed by atoms with E-state index < -0.39 is 11.7 Å². The number of benzene rings is 2. The third-order valence-corrected chi connectivity index (χ3v) is 6.32. The minimum absolute atomic E-state index is 0.143. The number of nitrogens with one attached hydrogen (secondary N) is 1. The van der Waals surface area contributed by atoms with Gasteiger partial charge in [0.15, 0.2) is 0 Å². The summed E-state index contributed by atoms with van der Waals surface area (Å²) in [7, 11) is 0. The van der Waals surface area contributed by atoms with E-state index in [1.54, 1.807) is 23.5 Å². The van der Waals surface area contributed by atoms with Crippen molar-refractivity contribution in [1.82, 2.24) is 5.32 Å². The van der Waals surface area contributed by atoms with Gasteiger partial charge in [-0.2, -0.15) is 13.2 Å². The van der Waals surface area contributed by atoms with Gasteiger partial charge in [-0.3, -0.25) is 0 Å². The average molecular weight is 422 g/mol. The molecule has 2 aromatic carbocycles. The highest BCUT2D eigenvalue weighted by Gasteiger charge is 2.30. The van der Waals surface area contributed by atoms with Crippen molar-refractivity contribution in [2.75, 3.05) is 13.2 Å². The van der Waals surface area contributed by atoms with E-state index in [9.17, 15) is 13.2 Å². The molecule has 1 atom stereocenters. The molecule has 2 nitrogen and oxygen atoms in total. The van der Waals surface area contributed by atoms with E-state index >= 15 is 0 Å². The maximum absolute atomic E-state index is 12.8. The van der Waals surface area contributed by atoms with Gasteiger partial charge in [-0.05, 0) is 55.5 Å². The first kappa shape index (κ1) is 21.8. The lowest BCUT2D eigenvalue weighted by molar-refractivity contribution is -0.137. The van der Waals surface area contributed by atoms with Gasteiger partial charge in [-0.1, -0.05) is 31.2 Å². The predicted octanol–water partition coefficient (Wildman–Crippen LogP) is 6.19. The number of hydrogen-bond acceptors (Lipinski definition) is 3. The fraction of sp³-hybridized carbons (Fsp3) is 0.391. The van der Waals surface area contributed by atoms with Gasteiger partial charge in [0.1, 0.15) is 0 Å². The molecule has 3 aromatic rings. The van der Waals surface area contributed by atoms with Crippen LogP contribution in [0.2, 0.25) is 0 Å². The molecule has 3 rings (SSSR count). The molecule has 1 aromatic heterocycles. The third-order valence-electron chi connectivity index (χ3n) is 5.25. The van der Waals surface area contributed by atoms with Crippen LogP contribution in [0.1, 0.15) is 35.8 Å². The van der Waals surface area contributed by atoms with Crippen molar-refractivity contribution in [1.29, 1.82) is 0 Å². The first-order valence-electron chi connectivity index (χ1n) is 9.87. The van der Waals surface area contributed by atoms with Crippen molar-refractivity contribution >= 4 is 21.4 Å². The molecule has 1 heterocycles. The second-order valence-electron chi connectivity index (χ2n) is 7.26. The molecular formula is C23H26F3NOS. The Kier molecular flexibility index (Phi) is 6.98. The number of alkyl halides is 3. The number of aliphatic hydroxyl groups excluding tert-OH is 1. The lowest BCUT2D eigenvalue weighted by Gasteiger charge is -2.16. The standard InChI is InChI=1S/C23H26F3NOS/c1-3-19(27-12-13-28)10-4-16-5-11-20-21(14-16)29-15(2)22(20)17-6-8-18(9-7-17)23(24,25)26/h5-9,11,14,19,27-28H,3-4,10,12-13H2,1-2H3. The van der Waals surface area contributed by atoms with Crippen LogP contribution < -0.4 is 5.32 Å². The minimum Gasteiger partial charge on any atom is -0.395 e. The lowest BCUT2D eigenvalue weighted by atomic mass is 9.98. The van der Waals surface area contributed by atoms with Crippen molar-refractivity contribution in [2.45, 2.75) is 45.3 Å². The fourth-order valence-electron chi connectivity index (χ4n) is 3.66. The van der Waals surface area contributed by atoms with Crippen LogP contribution in [-0.2, 0) is 12.6 Å². The van der Waals surface area contributed by atoms with Crippen LogP contribution in [0, 0.1) is 6.92 Å². The van der Waals surface area contributed by atoms with E-state index in [4.69, 9.17) is 5.11 Å². The molecule has 0 aliphatic heterocycles. The quantitative estimate of drug-likeness (QED) is 0.455. The molecule has 0 radical (unpaired) electrons. The van der Waals surface area contributed by atoms with Crippen LogP contribution in [0.3, 0.4) is 0 Å². The number of aryl methyl sites for hydroxylation is 2. The summed E-state index contributed by atoms with van der Waals surface area (Å²) in [5.41, 5.74) is 2.46. The van der Waals surface area contributed by atoms with Gasteiger partial charge in [0.05, 0.1) is 12.2 Å². The van der Waals surface area contributed by atoms with E-state index in [2.05, 4.69) is 30.4 Å². The zero-order valence-electron chi connectivity index (χ0n) is 16.6. The van der Waals surface area contributed by atoms with Crippen molar-refractivity contribution in [3.05, 3.63) is 58.5 Å². The first-order chi connectivity index (χ1) is 13.8. The van der Waals surface area contributed by atoms with E-state index in [1.165, 1.54) is 5.56 Å². The van der Waals surface area contributed by atoms with Gasteiger partial charge in [0, 0.05) is 33.1 Å². The third kappa shape index (κ3) is 5.18. The molecule has 0 aliphatic carbocycles. The Morgan fingerprint density at radius 3 is 2.45 bits per heavy atom. The summed E-state index contributed by atoms with van der Waals surface area (Å²) >= 11 is 1.68. The van der Waals surface area contributed by atoms with Crippen molar-refractivity contribution in [3.8, 4) is 11.1 Å². The largest absolute Gasteiger partial charge is 0.416 e. The highest BCUT2D eigenvalue weighted by atomic mass is 32.1. The number of fused-ring (bicyclic) bond motifs is 1. The number of rotatable bonds is 8.